The van der Waals surface area contributed by atoms with Crippen LogP contribution in [0.3, 0.4) is 0 Å². The molecule has 0 unspecified atom stereocenters. The van der Waals surface area contributed by atoms with Crippen molar-refractivity contribution in [2.24, 2.45) is 0 Å². The zero-order valence-corrected chi connectivity index (χ0v) is 16.8. The molecule has 0 saturated carbocycles. The molecule has 2 aliphatic heterocycles. The second kappa shape index (κ2) is 7.79. The van der Waals surface area contributed by atoms with Gasteiger partial charge >= 0.3 is 6.03 Å². The number of carbonyl (C=O) groups excluding carboxylic acids is 3. The summed E-state index contributed by atoms with van der Waals surface area (Å²) < 4.78 is 0. The fourth-order valence-corrected chi connectivity index (χ4v) is 5.12. The molecule has 29 heavy (non-hydrogen) atoms. The first-order valence-electron chi connectivity index (χ1n) is 9.45. The molecule has 4 rings (SSSR count). The summed E-state index contributed by atoms with van der Waals surface area (Å²) >= 11 is 1.67. The van der Waals surface area contributed by atoms with E-state index in [1.54, 1.807) is 53.1 Å². The number of benzene rings is 2. The summed E-state index contributed by atoms with van der Waals surface area (Å²) in [6.07, 6.45) is 1.28. The predicted molar refractivity (Wildman–Crippen MR) is 115 cm³/mol. The van der Waals surface area contributed by atoms with Crippen molar-refractivity contribution in [2.75, 3.05) is 21.7 Å². The number of amides is 4. The third kappa shape index (κ3) is 4.07. The molecule has 8 heteroatoms. The maximum Gasteiger partial charge on any atom is 0.323 e. The largest absolute Gasteiger partial charge is 0.324 e. The Morgan fingerprint density at radius 1 is 0.966 bits per heavy atom. The Hall–Kier alpha value is -3.00. The Bertz CT molecular complexity index is 935. The predicted octanol–water partition coefficient (Wildman–Crippen LogP) is 3.72. The highest BCUT2D eigenvalue weighted by Gasteiger charge is 2.52. The van der Waals surface area contributed by atoms with Crippen LogP contribution in [0.15, 0.2) is 54.6 Å². The van der Waals surface area contributed by atoms with E-state index >= 15 is 0 Å². The van der Waals surface area contributed by atoms with Gasteiger partial charge in [-0.1, -0.05) is 18.2 Å². The average Bonchev–Trinajstić information content (AvgIpc) is 3.20. The van der Waals surface area contributed by atoms with Crippen molar-refractivity contribution in [1.29, 1.82) is 0 Å². The minimum Gasteiger partial charge on any atom is -0.324 e. The van der Waals surface area contributed by atoms with Crippen molar-refractivity contribution in [3.8, 4) is 0 Å². The number of thioether (sulfide) groups is 1. The van der Waals surface area contributed by atoms with Crippen LogP contribution in [0.1, 0.15) is 19.8 Å². The summed E-state index contributed by atoms with van der Waals surface area (Å²) in [7, 11) is 0. The Morgan fingerprint density at radius 3 is 2.21 bits per heavy atom. The van der Waals surface area contributed by atoms with Crippen molar-refractivity contribution in [1.82, 2.24) is 4.90 Å². The van der Waals surface area contributed by atoms with Crippen LogP contribution < -0.4 is 16.0 Å². The van der Waals surface area contributed by atoms with Crippen molar-refractivity contribution < 1.29 is 14.4 Å². The number of para-hydroxylation sites is 1. The number of rotatable bonds is 4. The van der Waals surface area contributed by atoms with E-state index in [2.05, 4.69) is 16.0 Å². The highest BCUT2D eigenvalue weighted by atomic mass is 32.2. The molecule has 2 aliphatic rings. The summed E-state index contributed by atoms with van der Waals surface area (Å²) in [5.41, 5.74) is 1.93. The second-order valence-electron chi connectivity index (χ2n) is 7.28. The van der Waals surface area contributed by atoms with Gasteiger partial charge in [-0.25, -0.2) is 4.79 Å². The molecule has 0 aliphatic carbocycles. The molecule has 3 N–H and O–H groups in total. The summed E-state index contributed by atoms with van der Waals surface area (Å²) in [4.78, 5) is 38.4. The molecule has 2 aromatic carbocycles. The molecular weight excluding hydrogens is 388 g/mol. The number of fused-ring (bicyclic) bond motifs is 1. The van der Waals surface area contributed by atoms with Crippen LogP contribution in [0.25, 0.3) is 0 Å². The van der Waals surface area contributed by atoms with Gasteiger partial charge in [-0.05, 0) is 49.7 Å². The fraction of sp³-hybridized carbons (Fsp3) is 0.286. The smallest absolute Gasteiger partial charge is 0.323 e. The van der Waals surface area contributed by atoms with Gasteiger partial charge in [-0.2, -0.15) is 0 Å². The summed E-state index contributed by atoms with van der Waals surface area (Å²) in [6, 6.07) is 15.3. The van der Waals surface area contributed by atoms with Crippen molar-refractivity contribution in [3.05, 3.63) is 54.6 Å². The average molecular weight is 410 g/mol. The van der Waals surface area contributed by atoms with Crippen molar-refractivity contribution in [2.45, 2.75) is 30.7 Å². The number of carbonyl (C=O) groups is 3. The van der Waals surface area contributed by atoms with Gasteiger partial charge in [0.05, 0.1) is 4.87 Å². The molecule has 0 bridgehead atoms. The van der Waals surface area contributed by atoms with Gasteiger partial charge < -0.3 is 20.9 Å². The van der Waals surface area contributed by atoms with Crippen LogP contribution in [0, 0.1) is 0 Å². The summed E-state index contributed by atoms with van der Waals surface area (Å²) in [5, 5.41) is 8.37. The molecule has 150 valence electrons. The third-order valence-electron chi connectivity index (χ3n) is 5.19. The van der Waals surface area contributed by atoms with Gasteiger partial charge in [-0.15, -0.1) is 11.8 Å². The van der Waals surface area contributed by atoms with E-state index in [1.165, 1.54) is 0 Å². The molecule has 2 fully saturated rings. The number of nitrogens with one attached hydrogen (secondary N) is 3. The lowest BCUT2D eigenvalue weighted by molar-refractivity contribution is -0.135. The number of anilines is 3. The molecule has 7 nitrogen and oxygen atoms in total. The minimum absolute atomic E-state index is 0.0432. The Kier molecular flexibility index (Phi) is 5.19. The first-order chi connectivity index (χ1) is 13.9. The maximum absolute atomic E-state index is 12.7. The lowest BCUT2D eigenvalue weighted by atomic mass is 10.2. The van der Waals surface area contributed by atoms with Crippen LogP contribution >= 0.6 is 11.8 Å². The van der Waals surface area contributed by atoms with E-state index in [1.807, 2.05) is 25.1 Å². The molecule has 2 heterocycles. The van der Waals surface area contributed by atoms with Crippen LogP contribution in [-0.2, 0) is 9.59 Å². The first kappa shape index (κ1) is 19.3. The van der Waals surface area contributed by atoms with E-state index < -0.39 is 6.04 Å². The molecule has 4 amide bonds. The fourth-order valence-electron chi connectivity index (χ4n) is 3.69. The Labute approximate surface area is 173 Å². The SMILES string of the molecule is C[C@@]12CCC(=O)N1[C@@H](C(=O)Nc1ccc(NC(=O)Nc3ccccc3)cc1)CS2. The van der Waals surface area contributed by atoms with Gasteiger partial charge in [-0.3, -0.25) is 9.59 Å². The molecule has 0 aromatic heterocycles. The monoisotopic (exact) mass is 410 g/mol. The third-order valence-corrected chi connectivity index (χ3v) is 6.69. The number of hydrogen-bond acceptors (Lipinski definition) is 4. The van der Waals surface area contributed by atoms with Crippen LogP contribution in [-0.4, -0.2) is 39.4 Å². The number of nitrogens with zero attached hydrogens (tertiary/aromatic N) is 1. The Morgan fingerprint density at radius 2 is 1.55 bits per heavy atom. The highest BCUT2D eigenvalue weighted by Crippen LogP contribution is 2.47. The van der Waals surface area contributed by atoms with E-state index in [0.29, 0.717) is 29.2 Å². The second-order valence-corrected chi connectivity index (χ2v) is 8.78. The number of urea groups is 1. The highest BCUT2D eigenvalue weighted by molar-refractivity contribution is 8.01. The molecule has 2 atom stereocenters. The minimum atomic E-state index is -0.450. The van der Waals surface area contributed by atoms with E-state index in [-0.39, 0.29) is 22.7 Å². The lowest BCUT2D eigenvalue weighted by Gasteiger charge is -2.29. The van der Waals surface area contributed by atoms with Gasteiger partial charge in [0.15, 0.2) is 0 Å². The molecule has 0 radical (unpaired) electrons. The van der Waals surface area contributed by atoms with Gasteiger partial charge in [0.2, 0.25) is 11.8 Å². The molecule has 0 spiro atoms. The standard InChI is InChI=1S/C21H22N4O3S/c1-21-12-11-18(26)25(21)17(13-29-21)19(27)22-15-7-9-16(10-8-15)24-20(28)23-14-5-3-2-4-6-14/h2-10,17H,11-13H2,1H3,(H,22,27)(H2,23,24,28)/t17-,21-/m1/s1. The zero-order valence-electron chi connectivity index (χ0n) is 16.0. The summed E-state index contributed by atoms with van der Waals surface area (Å²) in [5.74, 6) is 0.466. The topological polar surface area (TPSA) is 90.5 Å². The van der Waals surface area contributed by atoms with E-state index in [4.69, 9.17) is 0 Å². The molecular formula is C21H22N4O3S. The maximum atomic E-state index is 12.7. The van der Waals surface area contributed by atoms with Crippen LogP contribution in [0.4, 0.5) is 21.9 Å². The van der Waals surface area contributed by atoms with E-state index in [9.17, 15) is 14.4 Å². The van der Waals surface area contributed by atoms with Gasteiger partial charge in [0.1, 0.15) is 6.04 Å². The van der Waals surface area contributed by atoms with Crippen LogP contribution in [0.2, 0.25) is 0 Å². The van der Waals surface area contributed by atoms with Gasteiger partial charge in [0.25, 0.3) is 0 Å². The first-order valence-corrected chi connectivity index (χ1v) is 10.4. The zero-order chi connectivity index (χ0) is 20.4. The number of hydrogen-bond donors (Lipinski definition) is 3. The lowest BCUT2D eigenvalue weighted by Crippen LogP contribution is -2.48. The quantitative estimate of drug-likeness (QED) is 0.716. The van der Waals surface area contributed by atoms with Crippen molar-refractivity contribution >= 4 is 46.7 Å². The van der Waals surface area contributed by atoms with Gasteiger partial charge in [0, 0.05) is 29.2 Å². The van der Waals surface area contributed by atoms with E-state index in [0.717, 1.165) is 6.42 Å². The normalized spacial score (nSPS) is 22.9. The Balaban J connectivity index is 1.34. The van der Waals surface area contributed by atoms with Crippen LogP contribution in [0.5, 0.6) is 0 Å². The molecule has 2 aromatic rings. The summed E-state index contributed by atoms with van der Waals surface area (Å²) in [6.45, 7) is 2.02. The molecule has 2 saturated heterocycles. The van der Waals surface area contributed by atoms with Crippen molar-refractivity contribution in [3.63, 3.8) is 0 Å².